The smallest absolute Gasteiger partial charge is 0.324 e. The second-order valence-corrected chi connectivity index (χ2v) is 10.4. The Bertz CT molecular complexity index is 882. The molecule has 194 valence electrons. The van der Waals surface area contributed by atoms with Gasteiger partial charge in [-0.25, -0.2) is 4.79 Å². The molecule has 0 N–H and O–H groups in total. The van der Waals surface area contributed by atoms with Gasteiger partial charge in [0.25, 0.3) is 0 Å². The summed E-state index contributed by atoms with van der Waals surface area (Å²) >= 11 is 0. The molecule has 0 radical (unpaired) electrons. The number of hydrogen-bond acceptors (Lipinski definition) is 4. The van der Waals surface area contributed by atoms with Crippen molar-refractivity contribution >= 4 is 30.1 Å². The molecule has 1 aliphatic carbocycles. The van der Waals surface area contributed by atoms with E-state index in [1.54, 1.807) is 0 Å². The fraction of sp³-hybridized carbons (Fsp3) is 0.643. The van der Waals surface area contributed by atoms with Crippen molar-refractivity contribution in [1.82, 2.24) is 9.80 Å². The van der Waals surface area contributed by atoms with Crippen LogP contribution in [0.2, 0.25) is 0 Å². The number of rotatable bonds is 8. The molecule has 7 heteroatoms. The predicted molar refractivity (Wildman–Crippen MR) is 143 cm³/mol. The van der Waals surface area contributed by atoms with Crippen molar-refractivity contribution in [3.8, 4) is 0 Å². The maximum Gasteiger partial charge on any atom is 0.324 e. The lowest BCUT2D eigenvalue weighted by atomic mass is 9.83. The van der Waals surface area contributed by atoms with Crippen molar-refractivity contribution in [2.75, 3.05) is 37.6 Å². The molecule has 2 heterocycles. The third-order valence-electron chi connectivity index (χ3n) is 7.71. The molecule has 2 fully saturated rings. The van der Waals surface area contributed by atoms with Gasteiger partial charge in [0.05, 0.1) is 6.10 Å². The van der Waals surface area contributed by atoms with E-state index in [0.717, 1.165) is 83.4 Å². The van der Waals surface area contributed by atoms with Gasteiger partial charge in [0.2, 0.25) is 0 Å². The molecule has 2 amide bonds. The molecule has 35 heavy (non-hydrogen) atoms. The van der Waals surface area contributed by atoms with E-state index in [0.29, 0.717) is 18.4 Å². The Morgan fingerprint density at radius 1 is 1.09 bits per heavy atom. The molecule has 1 aromatic carbocycles. The van der Waals surface area contributed by atoms with Crippen LogP contribution < -0.4 is 4.90 Å². The Hall–Kier alpha value is -2.05. The third kappa shape index (κ3) is 7.01. The summed E-state index contributed by atoms with van der Waals surface area (Å²) in [7, 11) is 0. The number of hydrogen-bond donors (Lipinski definition) is 0. The van der Waals surface area contributed by atoms with Crippen LogP contribution in [0.15, 0.2) is 30.9 Å². The first-order chi connectivity index (χ1) is 16.4. The minimum Gasteiger partial charge on any atom is -0.463 e. The first kappa shape index (κ1) is 27.5. The second kappa shape index (κ2) is 12.8. The molecule has 1 saturated carbocycles. The van der Waals surface area contributed by atoms with Crippen LogP contribution in [-0.4, -0.2) is 66.7 Å². The fourth-order valence-corrected chi connectivity index (χ4v) is 5.81. The van der Waals surface area contributed by atoms with E-state index in [4.69, 9.17) is 4.74 Å². The van der Waals surface area contributed by atoms with Gasteiger partial charge in [0.15, 0.2) is 0 Å². The highest BCUT2D eigenvalue weighted by Gasteiger charge is 2.36. The number of benzene rings is 1. The first-order valence-corrected chi connectivity index (χ1v) is 13.2. The van der Waals surface area contributed by atoms with Gasteiger partial charge in [-0.05, 0) is 88.0 Å². The van der Waals surface area contributed by atoms with Crippen LogP contribution in [0.5, 0.6) is 0 Å². The lowest BCUT2D eigenvalue weighted by molar-refractivity contribution is -0.147. The zero-order chi connectivity index (χ0) is 24.1. The van der Waals surface area contributed by atoms with Crippen LogP contribution in [0, 0.1) is 5.92 Å². The molecule has 0 unspecified atom stereocenters. The van der Waals surface area contributed by atoms with Crippen LogP contribution in [-0.2, 0) is 22.4 Å². The van der Waals surface area contributed by atoms with Gasteiger partial charge in [-0.2, -0.15) is 0 Å². The lowest BCUT2D eigenvalue weighted by Gasteiger charge is -2.34. The number of fused-ring (bicyclic) bond motifs is 1. The molecule has 0 atom stereocenters. The van der Waals surface area contributed by atoms with Crippen molar-refractivity contribution in [3.63, 3.8) is 0 Å². The molecular weight excluding hydrogens is 462 g/mol. The summed E-state index contributed by atoms with van der Waals surface area (Å²) in [4.78, 5) is 31.7. The fourth-order valence-electron chi connectivity index (χ4n) is 5.81. The quantitative estimate of drug-likeness (QED) is 0.360. The molecule has 0 spiro atoms. The van der Waals surface area contributed by atoms with Gasteiger partial charge in [0.1, 0.15) is 0 Å². The molecule has 1 saturated heterocycles. The standard InChI is InChI=1S/C28H41N3O3.ClH/c1-4-15-29-16-13-23-8-11-26(20-24(23)14-17-29)31-19-18-30(28(31)33)25-9-5-22(6-10-25)7-12-27(32)34-21(2)3;/h4,8,11,20-22,25H,1,5-7,9-10,12-19H2,2-3H3;1H. The van der Waals surface area contributed by atoms with Crippen LogP contribution in [0.3, 0.4) is 0 Å². The molecule has 0 aromatic heterocycles. The van der Waals surface area contributed by atoms with Crippen LogP contribution in [0.1, 0.15) is 63.5 Å². The Morgan fingerprint density at radius 3 is 2.49 bits per heavy atom. The summed E-state index contributed by atoms with van der Waals surface area (Å²) < 4.78 is 5.27. The van der Waals surface area contributed by atoms with Gasteiger partial charge < -0.3 is 9.64 Å². The highest BCUT2D eigenvalue weighted by molar-refractivity contribution is 5.94. The van der Waals surface area contributed by atoms with Crippen molar-refractivity contribution in [2.45, 2.75) is 77.4 Å². The number of nitrogens with zero attached hydrogens (tertiary/aromatic N) is 3. The number of halogens is 1. The zero-order valence-corrected chi connectivity index (χ0v) is 22.2. The van der Waals surface area contributed by atoms with Crippen molar-refractivity contribution in [2.24, 2.45) is 5.92 Å². The summed E-state index contributed by atoms with van der Waals surface area (Å²) in [6.07, 6.45) is 9.67. The van der Waals surface area contributed by atoms with E-state index in [1.807, 2.05) is 24.8 Å². The Morgan fingerprint density at radius 2 is 1.80 bits per heavy atom. The molecule has 0 bridgehead atoms. The predicted octanol–water partition coefficient (Wildman–Crippen LogP) is 5.23. The van der Waals surface area contributed by atoms with E-state index in [1.165, 1.54) is 11.1 Å². The van der Waals surface area contributed by atoms with Gasteiger partial charge in [0, 0.05) is 50.9 Å². The zero-order valence-electron chi connectivity index (χ0n) is 21.4. The van der Waals surface area contributed by atoms with E-state index in [2.05, 4.69) is 34.6 Å². The van der Waals surface area contributed by atoms with Crippen LogP contribution in [0.25, 0.3) is 0 Å². The SMILES string of the molecule is C=CCN1CCc2ccc(N3CCN(C4CCC(CCC(=O)OC(C)C)CC4)C3=O)cc2CC1.Cl. The average Bonchev–Trinajstić information content (AvgIpc) is 3.08. The molecule has 1 aromatic rings. The average molecular weight is 504 g/mol. The largest absolute Gasteiger partial charge is 0.463 e. The number of anilines is 1. The Balaban J connectivity index is 0.00000342. The number of esters is 1. The molecular formula is C28H42ClN3O3. The first-order valence-electron chi connectivity index (χ1n) is 13.2. The number of carbonyl (C=O) groups is 2. The molecule has 3 aliphatic rings. The summed E-state index contributed by atoms with van der Waals surface area (Å²) in [5.74, 6) is 0.478. The van der Waals surface area contributed by atoms with Gasteiger partial charge >= 0.3 is 12.0 Å². The van der Waals surface area contributed by atoms with Crippen molar-refractivity contribution in [3.05, 3.63) is 42.0 Å². The van der Waals surface area contributed by atoms with E-state index < -0.39 is 0 Å². The normalized spacial score (nSPS) is 23.0. The van der Waals surface area contributed by atoms with Crippen molar-refractivity contribution in [1.29, 1.82) is 0 Å². The topological polar surface area (TPSA) is 53.1 Å². The molecule has 2 aliphatic heterocycles. The minimum absolute atomic E-state index is 0. The maximum atomic E-state index is 13.3. The highest BCUT2D eigenvalue weighted by atomic mass is 35.5. The van der Waals surface area contributed by atoms with E-state index in [-0.39, 0.29) is 30.5 Å². The highest BCUT2D eigenvalue weighted by Crippen LogP contribution is 2.34. The summed E-state index contributed by atoms with van der Waals surface area (Å²) in [6, 6.07) is 7.10. The lowest BCUT2D eigenvalue weighted by Crippen LogP contribution is -2.41. The van der Waals surface area contributed by atoms with Crippen molar-refractivity contribution < 1.29 is 14.3 Å². The van der Waals surface area contributed by atoms with Crippen LogP contribution >= 0.6 is 12.4 Å². The van der Waals surface area contributed by atoms with Gasteiger partial charge in [-0.15, -0.1) is 19.0 Å². The number of urea groups is 1. The van der Waals surface area contributed by atoms with E-state index >= 15 is 0 Å². The Labute approximate surface area is 217 Å². The molecule has 4 rings (SSSR count). The molecule has 6 nitrogen and oxygen atoms in total. The van der Waals surface area contributed by atoms with Gasteiger partial charge in [-0.1, -0.05) is 12.1 Å². The summed E-state index contributed by atoms with van der Waals surface area (Å²) in [5, 5.41) is 0. The van der Waals surface area contributed by atoms with E-state index in [9.17, 15) is 9.59 Å². The van der Waals surface area contributed by atoms with Gasteiger partial charge in [-0.3, -0.25) is 14.6 Å². The Kier molecular flexibility index (Phi) is 10.0. The number of carbonyl (C=O) groups excluding carboxylic acids is 2. The monoisotopic (exact) mass is 503 g/mol. The summed E-state index contributed by atoms with van der Waals surface area (Å²) in [6.45, 7) is 12.3. The third-order valence-corrected chi connectivity index (χ3v) is 7.71. The van der Waals surface area contributed by atoms with Crippen LogP contribution in [0.4, 0.5) is 10.5 Å². The maximum absolute atomic E-state index is 13.3. The second-order valence-electron chi connectivity index (χ2n) is 10.4. The summed E-state index contributed by atoms with van der Waals surface area (Å²) in [5.41, 5.74) is 3.84. The minimum atomic E-state index is -0.0864. The number of ether oxygens (including phenoxy) is 1. The number of amides is 2.